The Labute approximate surface area is 295 Å². The molecule has 0 saturated carbocycles. The molecule has 0 aliphatic heterocycles. The number of hydrogen-bond donors (Lipinski definition) is 0. The van der Waals surface area contributed by atoms with E-state index < -0.39 is 0 Å². The Bertz CT molecular complexity index is 2840. The number of nitrogens with zero attached hydrogens (tertiary/aromatic N) is 3. The summed E-state index contributed by atoms with van der Waals surface area (Å²) in [6, 6.07) is 66.3. The number of benzene rings is 8. The van der Waals surface area contributed by atoms with Crippen molar-refractivity contribution in [2.75, 3.05) is 4.90 Å². The van der Waals surface area contributed by atoms with Gasteiger partial charge in [0.25, 0.3) is 0 Å². The lowest BCUT2D eigenvalue weighted by molar-refractivity contribution is 0.623. The monoisotopic (exact) mass is 653 g/mol. The molecular formula is C47H31N3O. The molecule has 0 atom stereocenters. The molecule has 0 saturated heterocycles. The summed E-state index contributed by atoms with van der Waals surface area (Å²) >= 11 is 0. The van der Waals surface area contributed by atoms with E-state index in [0.29, 0.717) is 5.89 Å². The fourth-order valence-electron chi connectivity index (χ4n) is 7.37. The van der Waals surface area contributed by atoms with Gasteiger partial charge in [-0.1, -0.05) is 103 Å². The molecule has 0 aliphatic carbocycles. The first kappa shape index (κ1) is 29.0. The van der Waals surface area contributed by atoms with Crippen molar-refractivity contribution >= 4 is 60.7 Å². The minimum Gasteiger partial charge on any atom is -0.435 e. The van der Waals surface area contributed by atoms with Crippen LogP contribution in [0.25, 0.3) is 71.9 Å². The van der Waals surface area contributed by atoms with E-state index in [0.717, 1.165) is 61.3 Å². The summed E-state index contributed by atoms with van der Waals surface area (Å²) in [6.07, 6.45) is 0. The first-order chi connectivity index (χ1) is 25.3. The third kappa shape index (κ3) is 4.96. The summed E-state index contributed by atoms with van der Waals surface area (Å²) in [7, 11) is 0. The van der Waals surface area contributed by atoms with Gasteiger partial charge in [-0.3, -0.25) is 0 Å². The minimum atomic E-state index is 0.636. The van der Waals surface area contributed by atoms with Crippen molar-refractivity contribution in [1.29, 1.82) is 0 Å². The largest absolute Gasteiger partial charge is 0.435 e. The molecule has 10 rings (SSSR count). The molecule has 8 aromatic carbocycles. The van der Waals surface area contributed by atoms with Gasteiger partial charge < -0.3 is 13.9 Å². The second kappa shape index (κ2) is 11.9. The van der Waals surface area contributed by atoms with Gasteiger partial charge in [0.2, 0.25) is 5.89 Å². The van der Waals surface area contributed by atoms with Gasteiger partial charge in [-0.15, -0.1) is 0 Å². The lowest BCUT2D eigenvalue weighted by Crippen LogP contribution is -2.09. The number of oxazole rings is 1. The maximum absolute atomic E-state index is 6.37. The topological polar surface area (TPSA) is 34.2 Å². The zero-order valence-corrected chi connectivity index (χ0v) is 27.6. The number of aromatic nitrogens is 2. The smallest absolute Gasteiger partial charge is 0.227 e. The van der Waals surface area contributed by atoms with Gasteiger partial charge in [-0.05, 0) is 101 Å². The van der Waals surface area contributed by atoms with Gasteiger partial charge in [-0.25, -0.2) is 4.98 Å². The van der Waals surface area contributed by atoms with Crippen LogP contribution in [0.2, 0.25) is 0 Å². The molecular weight excluding hydrogens is 623 g/mol. The predicted molar refractivity (Wildman–Crippen MR) is 211 cm³/mol. The highest BCUT2D eigenvalue weighted by molar-refractivity contribution is 6.11. The number of hydrogen-bond acceptors (Lipinski definition) is 3. The average Bonchev–Trinajstić information content (AvgIpc) is 3.79. The number of para-hydroxylation sites is 3. The lowest BCUT2D eigenvalue weighted by Gasteiger charge is -2.26. The molecule has 0 unspecified atom stereocenters. The molecule has 10 aromatic rings. The van der Waals surface area contributed by atoms with Gasteiger partial charge in [-0.2, -0.15) is 0 Å². The number of anilines is 3. The summed E-state index contributed by atoms with van der Waals surface area (Å²) in [5.41, 5.74) is 11.7. The van der Waals surface area contributed by atoms with Gasteiger partial charge >= 0.3 is 0 Å². The van der Waals surface area contributed by atoms with Crippen molar-refractivity contribution in [2.45, 2.75) is 0 Å². The average molecular weight is 654 g/mol. The standard InChI is InChI=1S/C47H31N3O/c1-4-12-34(13-5-1)47-48-43-28-24-33-20-21-35(30-41(33)46(43)51-47)32-22-25-38(26-23-32)49(36-14-6-2-7-15-36)39-27-29-45-42(31-39)40-18-10-11-19-44(40)50(45)37-16-8-3-9-17-37/h1-31H. The van der Waals surface area contributed by atoms with E-state index in [1.165, 1.54) is 21.8 Å². The molecule has 2 aromatic heterocycles. The molecule has 0 fully saturated rings. The molecule has 0 N–H and O–H groups in total. The van der Waals surface area contributed by atoms with Crippen LogP contribution < -0.4 is 4.90 Å². The fourth-order valence-corrected chi connectivity index (χ4v) is 7.37. The zero-order chi connectivity index (χ0) is 33.7. The normalized spacial score (nSPS) is 11.5. The second-order valence-corrected chi connectivity index (χ2v) is 12.8. The Morgan fingerprint density at radius 3 is 1.86 bits per heavy atom. The van der Waals surface area contributed by atoms with E-state index in [4.69, 9.17) is 9.40 Å². The Kier molecular flexibility index (Phi) is 6.78. The summed E-state index contributed by atoms with van der Waals surface area (Å²) in [6.45, 7) is 0. The van der Waals surface area contributed by atoms with Crippen LogP contribution >= 0.6 is 0 Å². The van der Waals surface area contributed by atoms with Crippen molar-refractivity contribution in [3.8, 4) is 28.3 Å². The molecule has 4 heteroatoms. The third-order valence-electron chi connectivity index (χ3n) is 9.79. The lowest BCUT2D eigenvalue weighted by atomic mass is 10.00. The van der Waals surface area contributed by atoms with E-state index in [2.05, 4.69) is 161 Å². The van der Waals surface area contributed by atoms with E-state index in [1.54, 1.807) is 0 Å². The quantitative estimate of drug-likeness (QED) is 0.179. The third-order valence-corrected chi connectivity index (χ3v) is 9.79. The summed E-state index contributed by atoms with van der Waals surface area (Å²) in [5.74, 6) is 0.636. The van der Waals surface area contributed by atoms with Crippen LogP contribution in [0.5, 0.6) is 0 Å². The summed E-state index contributed by atoms with van der Waals surface area (Å²) < 4.78 is 8.73. The fraction of sp³-hybridized carbons (Fsp3) is 0. The highest BCUT2D eigenvalue weighted by Gasteiger charge is 2.18. The second-order valence-electron chi connectivity index (χ2n) is 12.8. The van der Waals surface area contributed by atoms with Crippen LogP contribution in [0.4, 0.5) is 17.1 Å². The van der Waals surface area contributed by atoms with Crippen LogP contribution in [0.1, 0.15) is 0 Å². The van der Waals surface area contributed by atoms with Crippen molar-refractivity contribution < 1.29 is 4.42 Å². The first-order valence-corrected chi connectivity index (χ1v) is 17.2. The Hall–Kier alpha value is -6.91. The molecule has 240 valence electrons. The molecule has 0 spiro atoms. The number of fused-ring (bicyclic) bond motifs is 6. The Balaban J connectivity index is 1.07. The van der Waals surface area contributed by atoms with Crippen molar-refractivity contribution in [1.82, 2.24) is 9.55 Å². The maximum atomic E-state index is 6.37. The zero-order valence-electron chi connectivity index (χ0n) is 27.6. The van der Waals surface area contributed by atoms with Crippen LogP contribution in [0.3, 0.4) is 0 Å². The van der Waals surface area contributed by atoms with E-state index in [9.17, 15) is 0 Å². The van der Waals surface area contributed by atoms with E-state index in [1.807, 2.05) is 36.4 Å². The number of rotatable bonds is 6. The highest BCUT2D eigenvalue weighted by Crippen LogP contribution is 2.40. The maximum Gasteiger partial charge on any atom is 0.227 e. The Morgan fingerprint density at radius 1 is 0.431 bits per heavy atom. The van der Waals surface area contributed by atoms with Gasteiger partial charge in [0.15, 0.2) is 5.58 Å². The van der Waals surface area contributed by atoms with Crippen LogP contribution in [0, 0.1) is 0 Å². The SMILES string of the molecule is c1ccc(-c2nc3ccc4ccc(-c5ccc(N(c6ccccc6)c6ccc7c(c6)c6ccccc6n7-c6ccccc6)cc5)cc4c3o2)cc1. The predicted octanol–water partition coefficient (Wildman–Crippen LogP) is 12.9. The molecule has 51 heavy (non-hydrogen) atoms. The molecule has 0 aliphatic rings. The van der Waals surface area contributed by atoms with Crippen LogP contribution in [-0.4, -0.2) is 9.55 Å². The van der Waals surface area contributed by atoms with Gasteiger partial charge in [0.1, 0.15) is 5.52 Å². The van der Waals surface area contributed by atoms with Crippen molar-refractivity contribution in [2.24, 2.45) is 0 Å². The summed E-state index contributed by atoms with van der Waals surface area (Å²) in [4.78, 5) is 7.14. The molecule has 4 nitrogen and oxygen atoms in total. The van der Waals surface area contributed by atoms with Crippen molar-refractivity contribution in [3.05, 3.63) is 188 Å². The van der Waals surface area contributed by atoms with E-state index >= 15 is 0 Å². The highest BCUT2D eigenvalue weighted by atomic mass is 16.3. The minimum absolute atomic E-state index is 0.636. The van der Waals surface area contributed by atoms with E-state index in [-0.39, 0.29) is 0 Å². The first-order valence-electron chi connectivity index (χ1n) is 17.2. The Morgan fingerprint density at radius 2 is 1.06 bits per heavy atom. The van der Waals surface area contributed by atoms with Crippen LogP contribution in [0.15, 0.2) is 192 Å². The molecule has 0 radical (unpaired) electrons. The van der Waals surface area contributed by atoms with Crippen LogP contribution in [-0.2, 0) is 0 Å². The van der Waals surface area contributed by atoms with Crippen molar-refractivity contribution in [3.63, 3.8) is 0 Å². The molecule has 2 heterocycles. The van der Waals surface area contributed by atoms with Gasteiger partial charge in [0.05, 0.1) is 11.0 Å². The molecule has 0 amide bonds. The summed E-state index contributed by atoms with van der Waals surface area (Å²) in [5, 5.41) is 4.62. The van der Waals surface area contributed by atoms with Gasteiger partial charge in [0, 0.05) is 44.5 Å². The molecule has 0 bridgehead atoms.